The summed E-state index contributed by atoms with van der Waals surface area (Å²) in [6, 6.07) is -0.638. The van der Waals surface area contributed by atoms with Crippen LogP contribution in [0.1, 0.15) is 19.3 Å². The second-order valence-electron chi connectivity index (χ2n) is 3.63. The van der Waals surface area contributed by atoms with Crippen LogP contribution in [0.5, 0.6) is 0 Å². The van der Waals surface area contributed by atoms with Gasteiger partial charge in [-0.15, -0.1) is 0 Å². The molecule has 1 aliphatic heterocycles. The predicted molar refractivity (Wildman–Crippen MR) is 48.8 cm³/mol. The molecule has 0 aromatic heterocycles. The summed E-state index contributed by atoms with van der Waals surface area (Å²) >= 11 is 0. The lowest BCUT2D eigenvalue weighted by atomic mass is 10.0. The van der Waals surface area contributed by atoms with Crippen molar-refractivity contribution in [2.75, 3.05) is 13.1 Å². The number of alkyl halides is 3. The van der Waals surface area contributed by atoms with Gasteiger partial charge in [0.2, 0.25) is 5.91 Å². The zero-order valence-electron chi connectivity index (χ0n) is 8.26. The number of carbonyl (C=O) groups excluding carboxylic acids is 1. The molecule has 0 bridgehead atoms. The molecule has 0 aromatic rings. The number of piperidine rings is 1. The van der Waals surface area contributed by atoms with Crippen molar-refractivity contribution < 1.29 is 18.0 Å². The van der Waals surface area contributed by atoms with E-state index < -0.39 is 24.5 Å². The molecule has 0 saturated carbocycles. The highest BCUT2D eigenvalue weighted by Crippen LogP contribution is 2.22. The number of carbonyl (C=O) groups is 1. The highest BCUT2D eigenvalue weighted by molar-refractivity contribution is 5.81. The van der Waals surface area contributed by atoms with Gasteiger partial charge in [-0.1, -0.05) is 0 Å². The van der Waals surface area contributed by atoms with E-state index in [1.165, 1.54) is 4.90 Å². The standard InChI is InChI=1S/C9H14F3N2O/c10-9(11,12)4-6-14-5-2-1-3-7(14)8(13)15/h3,7H,1-2,4-6H2,(H2,13,15)/t7-/m1/s1. The van der Waals surface area contributed by atoms with Crippen LogP contribution in [0.4, 0.5) is 13.2 Å². The fourth-order valence-corrected chi connectivity index (χ4v) is 1.68. The highest BCUT2D eigenvalue weighted by atomic mass is 19.4. The van der Waals surface area contributed by atoms with E-state index in [0.717, 1.165) is 12.8 Å². The molecule has 1 saturated heterocycles. The molecule has 1 rings (SSSR count). The molecule has 2 N–H and O–H groups in total. The minimum absolute atomic E-state index is 0.159. The zero-order chi connectivity index (χ0) is 11.5. The third-order valence-corrected chi connectivity index (χ3v) is 2.41. The molecule has 1 aliphatic rings. The maximum Gasteiger partial charge on any atom is 0.390 e. The fourth-order valence-electron chi connectivity index (χ4n) is 1.68. The molecule has 3 nitrogen and oxygen atoms in total. The Bertz CT molecular complexity index is 230. The Morgan fingerprint density at radius 1 is 1.53 bits per heavy atom. The highest BCUT2D eigenvalue weighted by Gasteiger charge is 2.32. The molecule has 15 heavy (non-hydrogen) atoms. The molecule has 1 amide bonds. The van der Waals surface area contributed by atoms with Gasteiger partial charge in [0, 0.05) is 6.54 Å². The number of hydrogen-bond donors (Lipinski definition) is 1. The van der Waals surface area contributed by atoms with Crippen LogP contribution < -0.4 is 5.73 Å². The lowest BCUT2D eigenvalue weighted by Gasteiger charge is -2.33. The van der Waals surface area contributed by atoms with Gasteiger partial charge in [0.05, 0.1) is 12.5 Å². The second kappa shape index (κ2) is 4.83. The van der Waals surface area contributed by atoms with Crippen molar-refractivity contribution in [1.82, 2.24) is 4.90 Å². The summed E-state index contributed by atoms with van der Waals surface area (Å²) in [7, 11) is 0. The average Bonchev–Trinajstić information content (AvgIpc) is 2.14. The van der Waals surface area contributed by atoms with Crippen LogP contribution in [0, 0.1) is 6.42 Å². The molecular formula is C9H14F3N2O. The van der Waals surface area contributed by atoms with Crippen molar-refractivity contribution in [3.05, 3.63) is 6.42 Å². The van der Waals surface area contributed by atoms with Gasteiger partial charge in [0.15, 0.2) is 0 Å². The van der Waals surface area contributed by atoms with Gasteiger partial charge in [-0.05, 0) is 25.8 Å². The number of hydrogen-bond acceptors (Lipinski definition) is 2. The molecule has 0 aromatic carbocycles. The van der Waals surface area contributed by atoms with Gasteiger partial charge in [0.1, 0.15) is 0 Å². The SMILES string of the molecule is NC(=O)[C@H]1[CH]CCCN1CCC(F)(F)F. The number of nitrogens with two attached hydrogens (primary N) is 1. The number of nitrogens with zero attached hydrogens (tertiary/aromatic N) is 1. The van der Waals surface area contributed by atoms with Crippen LogP contribution in [0.25, 0.3) is 0 Å². The van der Waals surface area contributed by atoms with Crippen molar-refractivity contribution >= 4 is 5.91 Å². The maximum atomic E-state index is 12.0. The average molecular weight is 223 g/mol. The van der Waals surface area contributed by atoms with Crippen molar-refractivity contribution in [2.24, 2.45) is 5.73 Å². The third kappa shape index (κ3) is 4.07. The fraction of sp³-hybridized carbons (Fsp3) is 0.778. The first-order chi connectivity index (χ1) is 6.90. The summed E-state index contributed by atoms with van der Waals surface area (Å²) in [6.07, 6.45) is -1.88. The minimum Gasteiger partial charge on any atom is -0.368 e. The summed E-state index contributed by atoms with van der Waals surface area (Å²) in [4.78, 5) is 12.4. The van der Waals surface area contributed by atoms with E-state index >= 15 is 0 Å². The van der Waals surface area contributed by atoms with Crippen LogP contribution in [0.15, 0.2) is 0 Å². The van der Waals surface area contributed by atoms with Crippen molar-refractivity contribution in [1.29, 1.82) is 0 Å². The van der Waals surface area contributed by atoms with Crippen molar-refractivity contribution in [3.8, 4) is 0 Å². The molecule has 1 radical (unpaired) electrons. The van der Waals surface area contributed by atoms with Crippen LogP contribution in [0.2, 0.25) is 0 Å². The first-order valence-corrected chi connectivity index (χ1v) is 4.83. The van der Waals surface area contributed by atoms with Crippen LogP contribution in [0.3, 0.4) is 0 Å². The Labute approximate surface area is 86.4 Å². The number of halogens is 3. The topological polar surface area (TPSA) is 46.3 Å². The molecule has 87 valence electrons. The molecule has 1 heterocycles. The Hall–Kier alpha value is -0.780. The zero-order valence-corrected chi connectivity index (χ0v) is 8.26. The normalized spacial score (nSPS) is 24.1. The molecular weight excluding hydrogens is 209 g/mol. The van der Waals surface area contributed by atoms with E-state index in [0.29, 0.717) is 6.54 Å². The first kappa shape index (κ1) is 12.3. The van der Waals surface area contributed by atoms with Crippen LogP contribution in [-0.2, 0) is 4.79 Å². The van der Waals surface area contributed by atoms with Crippen molar-refractivity contribution in [2.45, 2.75) is 31.5 Å². The Balaban J connectivity index is 2.46. The summed E-state index contributed by atoms with van der Waals surface area (Å²) < 4.78 is 36.0. The van der Waals surface area contributed by atoms with E-state index in [-0.39, 0.29) is 6.54 Å². The minimum atomic E-state index is -4.18. The van der Waals surface area contributed by atoms with Gasteiger partial charge in [0.25, 0.3) is 0 Å². The van der Waals surface area contributed by atoms with Gasteiger partial charge in [-0.25, -0.2) is 0 Å². The van der Waals surface area contributed by atoms with Gasteiger partial charge >= 0.3 is 6.18 Å². The third-order valence-electron chi connectivity index (χ3n) is 2.41. The molecule has 0 aliphatic carbocycles. The van der Waals surface area contributed by atoms with E-state index in [2.05, 4.69) is 0 Å². The van der Waals surface area contributed by atoms with E-state index in [4.69, 9.17) is 5.73 Å². The van der Waals surface area contributed by atoms with Gasteiger partial charge < -0.3 is 5.73 Å². The monoisotopic (exact) mass is 223 g/mol. The number of rotatable bonds is 3. The smallest absolute Gasteiger partial charge is 0.368 e. The summed E-state index contributed by atoms with van der Waals surface area (Å²) in [5.74, 6) is -0.572. The van der Waals surface area contributed by atoms with Gasteiger partial charge in [-0.2, -0.15) is 13.2 Å². The van der Waals surface area contributed by atoms with E-state index in [9.17, 15) is 18.0 Å². The van der Waals surface area contributed by atoms with Crippen LogP contribution >= 0.6 is 0 Å². The summed E-state index contributed by atoms with van der Waals surface area (Å²) in [6.45, 7) is 0.341. The van der Waals surface area contributed by atoms with Crippen molar-refractivity contribution in [3.63, 3.8) is 0 Å². The van der Waals surface area contributed by atoms with Crippen LogP contribution in [-0.4, -0.2) is 36.1 Å². The Kier molecular flexibility index (Phi) is 3.96. The second-order valence-corrected chi connectivity index (χ2v) is 3.63. The summed E-state index contributed by atoms with van der Waals surface area (Å²) in [5, 5.41) is 0. The Morgan fingerprint density at radius 3 is 2.73 bits per heavy atom. The molecule has 0 unspecified atom stereocenters. The largest absolute Gasteiger partial charge is 0.390 e. The number of amides is 1. The molecule has 1 atom stereocenters. The number of primary amides is 1. The molecule has 1 fully saturated rings. The predicted octanol–water partition coefficient (Wildman–Crippen LogP) is 1.09. The van der Waals surface area contributed by atoms with E-state index in [1.807, 2.05) is 0 Å². The quantitative estimate of drug-likeness (QED) is 0.778. The molecule has 6 heteroatoms. The maximum absolute atomic E-state index is 12.0. The lowest BCUT2D eigenvalue weighted by Crippen LogP contribution is -2.48. The number of likely N-dealkylation sites (tertiary alicyclic amines) is 1. The van der Waals surface area contributed by atoms with E-state index in [1.54, 1.807) is 6.42 Å². The first-order valence-electron chi connectivity index (χ1n) is 4.83. The lowest BCUT2D eigenvalue weighted by molar-refractivity contribution is -0.142. The van der Waals surface area contributed by atoms with Gasteiger partial charge in [-0.3, -0.25) is 9.69 Å². The molecule has 0 spiro atoms. The Morgan fingerprint density at radius 2 is 2.20 bits per heavy atom. The summed E-state index contributed by atoms with van der Waals surface area (Å²) in [5.41, 5.74) is 5.10.